The summed E-state index contributed by atoms with van der Waals surface area (Å²) in [5.41, 5.74) is 3.32. The van der Waals surface area contributed by atoms with E-state index in [0.29, 0.717) is 18.0 Å². The second-order valence-corrected chi connectivity index (χ2v) is 8.35. The van der Waals surface area contributed by atoms with Crippen molar-refractivity contribution in [1.29, 1.82) is 0 Å². The molecule has 0 spiro atoms. The SMILES string of the molecule is O=C(C[C@H](c1ccc(Cl)cc1)c1c[nH]c2ccccc12)NCCC[NH+]1CCOCC1. The molecule has 0 aliphatic carbocycles. The topological polar surface area (TPSA) is 58.6 Å². The molecule has 6 heteroatoms. The number of aromatic amines is 1. The summed E-state index contributed by atoms with van der Waals surface area (Å²) in [6, 6.07) is 16.0. The fourth-order valence-electron chi connectivity index (χ4n) is 4.22. The van der Waals surface area contributed by atoms with Crippen LogP contribution >= 0.6 is 11.6 Å². The predicted octanol–water partition coefficient (Wildman–Crippen LogP) is 2.76. The first-order valence-corrected chi connectivity index (χ1v) is 11.1. The van der Waals surface area contributed by atoms with E-state index >= 15 is 0 Å². The lowest BCUT2D eigenvalue weighted by molar-refractivity contribution is -0.908. The third kappa shape index (κ3) is 5.22. The normalized spacial score (nSPS) is 15.9. The number of nitrogens with one attached hydrogen (secondary N) is 3. The van der Waals surface area contributed by atoms with Gasteiger partial charge in [-0.1, -0.05) is 41.9 Å². The van der Waals surface area contributed by atoms with Crippen molar-refractivity contribution >= 4 is 28.4 Å². The first-order chi connectivity index (χ1) is 14.7. The van der Waals surface area contributed by atoms with Crippen LogP contribution in [-0.2, 0) is 9.53 Å². The number of benzene rings is 2. The molecule has 1 aliphatic heterocycles. The molecule has 2 heterocycles. The molecule has 1 saturated heterocycles. The Morgan fingerprint density at radius 3 is 2.70 bits per heavy atom. The Morgan fingerprint density at radius 2 is 1.90 bits per heavy atom. The average Bonchev–Trinajstić information content (AvgIpc) is 3.20. The van der Waals surface area contributed by atoms with Gasteiger partial charge in [-0.2, -0.15) is 0 Å². The first-order valence-electron chi connectivity index (χ1n) is 10.7. The van der Waals surface area contributed by atoms with Gasteiger partial charge in [0, 0.05) is 47.4 Å². The fraction of sp³-hybridized carbons (Fsp3) is 0.375. The first kappa shape index (κ1) is 20.9. The lowest BCUT2D eigenvalue weighted by Gasteiger charge is -2.23. The maximum atomic E-state index is 12.8. The van der Waals surface area contributed by atoms with E-state index in [9.17, 15) is 4.79 Å². The van der Waals surface area contributed by atoms with Crippen molar-refractivity contribution in [3.8, 4) is 0 Å². The number of hydrogen-bond acceptors (Lipinski definition) is 2. The summed E-state index contributed by atoms with van der Waals surface area (Å²) in [7, 11) is 0. The number of fused-ring (bicyclic) bond motifs is 1. The van der Waals surface area contributed by atoms with E-state index in [2.05, 4.69) is 22.4 Å². The second-order valence-electron chi connectivity index (χ2n) is 7.91. The van der Waals surface area contributed by atoms with E-state index in [0.717, 1.165) is 61.3 Å². The minimum absolute atomic E-state index is 0.0247. The molecule has 0 saturated carbocycles. The number of carbonyl (C=O) groups excluding carboxylic acids is 1. The van der Waals surface area contributed by atoms with Crippen LogP contribution in [0.5, 0.6) is 0 Å². The molecule has 3 aromatic rings. The van der Waals surface area contributed by atoms with Crippen LogP contribution in [0.15, 0.2) is 54.7 Å². The average molecular weight is 427 g/mol. The molecule has 4 rings (SSSR count). The Bertz CT molecular complexity index is 964. The number of rotatable bonds is 8. The molecule has 0 bridgehead atoms. The van der Waals surface area contributed by atoms with Crippen LogP contribution in [0.3, 0.4) is 0 Å². The van der Waals surface area contributed by atoms with Crippen molar-refractivity contribution in [2.45, 2.75) is 18.8 Å². The van der Waals surface area contributed by atoms with Crippen molar-refractivity contribution in [3.05, 3.63) is 70.9 Å². The van der Waals surface area contributed by atoms with Crippen LogP contribution in [0, 0.1) is 0 Å². The number of morpholine rings is 1. The van der Waals surface area contributed by atoms with Crippen molar-refractivity contribution in [3.63, 3.8) is 0 Å². The highest BCUT2D eigenvalue weighted by Crippen LogP contribution is 2.33. The quantitative estimate of drug-likeness (QED) is 0.485. The van der Waals surface area contributed by atoms with Crippen LogP contribution in [0.2, 0.25) is 5.02 Å². The molecule has 0 unspecified atom stereocenters. The number of ether oxygens (including phenoxy) is 1. The number of para-hydroxylation sites is 1. The lowest BCUT2D eigenvalue weighted by atomic mass is 9.88. The molecule has 158 valence electrons. The molecule has 30 heavy (non-hydrogen) atoms. The van der Waals surface area contributed by atoms with E-state index in [4.69, 9.17) is 16.3 Å². The van der Waals surface area contributed by atoms with Crippen LogP contribution in [0.1, 0.15) is 29.9 Å². The highest BCUT2D eigenvalue weighted by Gasteiger charge is 2.21. The second kappa shape index (κ2) is 10.1. The minimum Gasteiger partial charge on any atom is -0.370 e. The van der Waals surface area contributed by atoms with Crippen LogP contribution < -0.4 is 10.2 Å². The predicted molar refractivity (Wildman–Crippen MR) is 120 cm³/mol. The number of carbonyl (C=O) groups is 1. The molecular weight excluding hydrogens is 398 g/mol. The molecule has 1 aliphatic rings. The van der Waals surface area contributed by atoms with Gasteiger partial charge in [-0.3, -0.25) is 4.79 Å². The van der Waals surface area contributed by atoms with Gasteiger partial charge in [0.25, 0.3) is 0 Å². The van der Waals surface area contributed by atoms with Crippen molar-refractivity contribution in [1.82, 2.24) is 10.3 Å². The number of H-pyrrole nitrogens is 1. The Morgan fingerprint density at radius 1 is 1.13 bits per heavy atom. The number of aromatic nitrogens is 1. The maximum absolute atomic E-state index is 12.8. The van der Waals surface area contributed by atoms with Crippen LogP contribution in [0.4, 0.5) is 0 Å². The Balaban J connectivity index is 1.42. The molecule has 0 radical (unpaired) electrons. The summed E-state index contributed by atoms with van der Waals surface area (Å²) >= 11 is 6.10. The number of halogens is 1. The van der Waals surface area contributed by atoms with E-state index in [1.807, 2.05) is 42.6 Å². The molecule has 1 atom stereocenters. The Hall–Kier alpha value is -2.34. The van der Waals surface area contributed by atoms with Crippen LogP contribution in [-0.4, -0.2) is 50.3 Å². The zero-order chi connectivity index (χ0) is 20.8. The highest BCUT2D eigenvalue weighted by atomic mass is 35.5. The van der Waals surface area contributed by atoms with Gasteiger partial charge >= 0.3 is 0 Å². The van der Waals surface area contributed by atoms with E-state index in [1.54, 1.807) is 4.90 Å². The molecular formula is C24H29ClN3O2+. The molecule has 2 aromatic carbocycles. The number of quaternary nitrogens is 1. The summed E-state index contributed by atoms with van der Waals surface area (Å²) < 4.78 is 5.40. The summed E-state index contributed by atoms with van der Waals surface area (Å²) in [5.74, 6) is 0.0560. The molecule has 5 nitrogen and oxygen atoms in total. The summed E-state index contributed by atoms with van der Waals surface area (Å²) in [6.45, 7) is 5.60. The van der Waals surface area contributed by atoms with Crippen molar-refractivity contribution < 1.29 is 14.4 Å². The van der Waals surface area contributed by atoms with Gasteiger partial charge in [0.1, 0.15) is 13.1 Å². The zero-order valence-electron chi connectivity index (χ0n) is 17.1. The maximum Gasteiger partial charge on any atom is 0.220 e. The molecule has 3 N–H and O–H groups in total. The molecule has 1 aromatic heterocycles. The Labute approximate surface area is 182 Å². The standard InChI is InChI=1S/C24H28ClN3O2/c25-19-8-6-18(7-9-19)21(22-17-27-23-5-2-1-4-20(22)23)16-24(29)26-10-3-11-28-12-14-30-15-13-28/h1-2,4-9,17,21,27H,3,10-16H2,(H,26,29)/p+1/t21-/m1/s1. The van der Waals surface area contributed by atoms with Gasteiger partial charge in [0.05, 0.1) is 19.8 Å². The largest absolute Gasteiger partial charge is 0.370 e. The summed E-state index contributed by atoms with van der Waals surface area (Å²) in [4.78, 5) is 17.7. The molecule has 1 fully saturated rings. The van der Waals surface area contributed by atoms with E-state index < -0.39 is 0 Å². The number of hydrogen-bond donors (Lipinski definition) is 3. The molecule has 1 amide bonds. The third-order valence-corrected chi connectivity index (χ3v) is 6.14. The summed E-state index contributed by atoms with van der Waals surface area (Å²) in [6.07, 6.45) is 3.42. The van der Waals surface area contributed by atoms with Gasteiger partial charge in [0.15, 0.2) is 0 Å². The lowest BCUT2D eigenvalue weighted by Crippen LogP contribution is -3.14. The van der Waals surface area contributed by atoms with E-state index in [-0.39, 0.29) is 11.8 Å². The van der Waals surface area contributed by atoms with Crippen molar-refractivity contribution in [2.75, 3.05) is 39.4 Å². The van der Waals surface area contributed by atoms with Gasteiger partial charge < -0.3 is 19.9 Å². The minimum atomic E-state index is -0.0247. The van der Waals surface area contributed by atoms with Crippen molar-refractivity contribution in [2.24, 2.45) is 0 Å². The highest BCUT2D eigenvalue weighted by molar-refractivity contribution is 6.30. The van der Waals surface area contributed by atoms with Gasteiger partial charge in [-0.05, 0) is 29.3 Å². The monoisotopic (exact) mass is 426 g/mol. The third-order valence-electron chi connectivity index (χ3n) is 5.89. The van der Waals surface area contributed by atoms with Crippen LogP contribution in [0.25, 0.3) is 10.9 Å². The number of amides is 1. The van der Waals surface area contributed by atoms with Gasteiger partial charge in [-0.15, -0.1) is 0 Å². The zero-order valence-corrected chi connectivity index (χ0v) is 17.9. The fourth-order valence-corrected chi connectivity index (χ4v) is 4.34. The summed E-state index contributed by atoms with van der Waals surface area (Å²) in [5, 5.41) is 4.98. The van der Waals surface area contributed by atoms with Gasteiger partial charge in [0.2, 0.25) is 5.91 Å². The smallest absolute Gasteiger partial charge is 0.220 e. The van der Waals surface area contributed by atoms with Gasteiger partial charge in [-0.25, -0.2) is 0 Å². The van der Waals surface area contributed by atoms with E-state index in [1.165, 1.54) is 0 Å². The Kier molecular flexibility index (Phi) is 7.05.